The highest BCUT2D eigenvalue weighted by Crippen LogP contribution is 2.10. The molecule has 1 rings (SSSR count). The average molecular weight is 214 g/mol. The molecule has 0 radical (unpaired) electrons. The molecular formula is C10H18N2O3. The Morgan fingerprint density at radius 3 is 2.47 bits per heavy atom. The lowest BCUT2D eigenvalue weighted by Gasteiger charge is -2.27. The largest absolute Gasteiger partial charge is 0.468 e. The van der Waals surface area contributed by atoms with Gasteiger partial charge in [-0.3, -0.25) is 9.59 Å². The van der Waals surface area contributed by atoms with Crippen LogP contribution in [0.25, 0.3) is 0 Å². The molecule has 5 nitrogen and oxygen atoms in total. The molecule has 0 spiro atoms. The number of nitrogens with two attached hydrogens (primary N) is 1. The van der Waals surface area contributed by atoms with Gasteiger partial charge in [0.05, 0.1) is 13.5 Å². The van der Waals surface area contributed by atoms with E-state index in [9.17, 15) is 9.59 Å². The molecule has 15 heavy (non-hydrogen) atoms. The van der Waals surface area contributed by atoms with Crippen LogP contribution in [0.5, 0.6) is 0 Å². The van der Waals surface area contributed by atoms with Gasteiger partial charge in [-0.15, -0.1) is 0 Å². The van der Waals surface area contributed by atoms with Crippen molar-refractivity contribution in [3.8, 4) is 0 Å². The van der Waals surface area contributed by atoms with Crippen molar-refractivity contribution in [2.75, 3.05) is 20.2 Å². The maximum absolute atomic E-state index is 11.7. The van der Waals surface area contributed by atoms with Crippen LogP contribution in [-0.2, 0) is 14.3 Å². The van der Waals surface area contributed by atoms with Gasteiger partial charge >= 0.3 is 5.97 Å². The molecule has 1 aliphatic rings. The maximum atomic E-state index is 11.7. The van der Waals surface area contributed by atoms with E-state index in [-0.39, 0.29) is 12.3 Å². The van der Waals surface area contributed by atoms with Crippen LogP contribution >= 0.6 is 0 Å². The second kappa shape index (κ2) is 5.70. The van der Waals surface area contributed by atoms with Crippen molar-refractivity contribution in [3.05, 3.63) is 0 Å². The zero-order valence-corrected chi connectivity index (χ0v) is 9.07. The van der Waals surface area contributed by atoms with Crippen LogP contribution in [0.4, 0.5) is 0 Å². The van der Waals surface area contributed by atoms with Crippen molar-refractivity contribution in [1.29, 1.82) is 0 Å². The minimum Gasteiger partial charge on any atom is -0.468 e. The van der Waals surface area contributed by atoms with E-state index in [2.05, 4.69) is 4.74 Å². The highest BCUT2D eigenvalue weighted by molar-refractivity contribution is 5.85. The Morgan fingerprint density at radius 1 is 1.33 bits per heavy atom. The summed E-state index contributed by atoms with van der Waals surface area (Å²) < 4.78 is 4.47. The van der Waals surface area contributed by atoms with Gasteiger partial charge < -0.3 is 15.4 Å². The Kier molecular flexibility index (Phi) is 4.55. The number of carbonyl (C=O) groups is 2. The third-order valence-electron chi connectivity index (χ3n) is 2.61. The molecule has 1 atom stereocenters. The molecule has 1 saturated heterocycles. The van der Waals surface area contributed by atoms with E-state index in [0.29, 0.717) is 0 Å². The molecular weight excluding hydrogens is 196 g/mol. The Morgan fingerprint density at radius 2 is 1.93 bits per heavy atom. The minimum absolute atomic E-state index is 0.0483. The Hall–Kier alpha value is -1.10. The summed E-state index contributed by atoms with van der Waals surface area (Å²) in [5.41, 5.74) is 5.51. The molecule has 5 heteroatoms. The lowest BCUT2D eigenvalue weighted by Crippen LogP contribution is -2.41. The van der Waals surface area contributed by atoms with Crippen molar-refractivity contribution in [3.63, 3.8) is 0 Å². The summed E-state index contributed by atoms with van der Waals surface area (Å²) in [6, 6.07) is -0.829. The van der Waals surface area contributed by atoms with Crippen LogP contribution < -0.4 is 5.73 Å². The van der Waals surface area contributed by atoms with Crippen LogP contribution in [0.15, 0.2) is 0 Å². The number of nitrogens with zero attached hydrogens (tertiary/aromatic N) is 1. The molecule has 1 heterocycles. The molecule has 0 aliphatic carbocycles. The number of hydrogen-bond donors (Lipinski definition) is 1. The zero-order chi connectivity index (χ0) is 11.3. The van der Waals surface area contributed by atoms with Gasteiger partial charge in [0.1, 0.15) is 6.04 Å². The molecule has 0 aromatic heterocycles. The quantitative estimate of drug-likeness (QED) is 0.665. The predicted molar refractivity (Wildman–Crippen MR) is 55.0 cm³/mol. The molecule has 1 unspecified atom stereocenters. The molecule has 0 aromatic carbocycles. The number of hydrogen-bond acceptors (Lipinski definition) is 4. The SMILES string of the molecule is COC(=O)C(N)CC(=O)N1CCCCC1. The standard InChI is InChI=1S/C10H18N2O3/c1-15-10(14)8(11)7-9(13)12-5-3-2-4-6-12/h8H,2-7,11H2,1H3. The second-order valence-corrected chi connectivity index (χ2v) is 3.78. The van der Waals surface area contributed by atoms with Crippen molar-refractivity contribution in [2.45, 2.75) is 31.7 Å². The van der Waals surface area contributed by atoms with Crippen LogP contribution in [-0.4, -0.2) is 43.0 Å². The summed E-state index contributed by atoms with van der Waals surface area (Å²) in [6.45, 7) is 1.57. The molecule has 0 bridgehead atoms. The predicted octanol–water partition coefficient (Wildman–Crippen LogP) is -0.111. The van der Waals surface area contributed by atoms with Gasteiger partial charge in [0.15, 0.2) is 0 Å². The molecule has 0 aromatic rings. The van der Waals surface area contributed by atoms with Gasteiger partial charge in [0.2, 0.25) is 5.91 Å². The first-order chi connectivity index (χ1) is 7.15. The fraction of sp³-hybridized carbons (Fsp3) is 0.800. The monoisotopic (exact) mass is 214 g/mol. The number of carbonyl (C=O) groups excluding carboxylic acids is 2. The maximum Gasteiger partial charge on any atom is 0.323 e. The smallest absolute Gasteiger partial charge is 0.323 e. The van der Waals surface area contributed by atoms with E-state index in [1.54, 1.807) is 4.90 Å². The van der Waals surface area contributed by atoms with Crippen molar-refractivity contribution in [2.24, 2.45) is 5.73 Å². The molecule has 1 aliphatic heterocycles. The van der Waals surface area contributed by atoms with Crippen molar-refractivity contribution < 1.29 is 14.3 Å². The topological polar surface area (TPSA) is 72.6 Å². The second-order valence-electron chi connectivity index (χ2n) is 3.78. The van der Waals surface area contributed by atoms with Gasteiger partial charge in [-0.25, -0.2) is 0 Å². The number of rotatable bonds is 3. The summed E-state index contributed by atoms with van der Waals surface area (Å²) in [5.74, 6) is -0.576. The normalized spacial score (nSPS) is 18.4. The molecule has 1 amide bonds. The van der Waals surface area contributed by atoms with Gasteiger partial charge in [0.25, 0.3) is 0 Å². The summed E-state index contributed by atoms with van der Waals surface area (Å²) in [5, 5.41) is 0. The fourth-order valence-corrected chi connectivity index (χ4v) is 1.70. The first-order valence-electron chi connectivity index (χ1n) is 5.26. The van der Waals surface area contributed by atoms with Gasteiger partial charge in [-0.2, -0.15) is 0 Å². The van der Waals surface area contributed by atoms with Crippen LogP contribution in [0, 0.1) is 0 Å². The Balaban J connectivity index is 2.36. The van der Waals surface area contributed by atoms with Crippen LogP contribution in [0.1, 0.15) is 25.7 Å². The molecule has 0 saturated carbocycles. The van der Waals surface area contributed by atoms with Crippen molar-refractivity contribution >= 4 is 11.9 Å². The van der Waals surface area contributed by atoms with Crippen molar-refractivity contribution in [1.82, 2.24) is 4.90 Å². The van der Waals surface area contributed by atoms with Crippen LogP contribution in [0.3, 0.4) is 0 Å². The first-order valence-corrected chi connectivity index (χ1v) is 5.26. The lowest BCUT2D eigenvalue weighted by molar-refractivity contribution is -0.145. The van der Waals surface area contributed by atoms with Gasteiger partial charge in [0, 0.05) is 13.1 Å². The summed E-state index contributed by atoms with van der Waals surface area (Å²) in [7, 11) is 1.27. The van der Waals surface area contributed by atoms with Crippen LogP contribution in [0.2, 0.25) is 0 Å². The first kappa shape index (κ1) is 12.0. The Labute approximate surface area is 89.6 Å². The third-order valence-corrected chi connectivity index (χ3v) is 2.61. The summed E-state index contributed by atoms with van der Waals surface area (Å²) in [4.78, 5) is 24.4. The summed E-state index contributed by atoms with van der Waals surface area (Å²) in [6.07, 6.45) is 3.30. The number of esters is 1. The Bertz CT molecular complexity index is 237. The number of likely N-dealkylation sites (tertiary alicyclic amines) is 1. The highest BCUT2D eigenvalue weighted by Gasteiger charge is 2.22. The van der Waals surface area contributed by atoms with E-state index in [1.807, 2.05) is 0 Å². The number of methoxy groups -OCH3 is 1. The van der Waals surface area contributed by atoms with E-state index in [0.717, 1.165) is 25.9 Å². The molecule has 86 valence electrons. The number of piperidine rings is 1. The summed E-state index contributed by atoms with van der Waals surface area (Å²) >= 11 is 0. The average Bonchev–Trinajstić information content (AvgIpc) is 2.29. The molecule has 2 N–H and O–H groups in total. The van der Waals surface area contributed by atoms with E-state index in [1.165, 1.54) is 13.5 Å². The zero-order valence-electron chi connectivity index (χ0n) is 9.07. The van der Waals surface area contributed by atoms with Gasteiger partial charge in [-0.1, -0.05) is 0 Å². The highest BCUT2D eigenvalue weighted by atomic mass is 16.5. The van der Waals surface area contributed by atoms with E-state index >= 15 is 0 Å². The van der Waals surface area contributed by atoms with E-state index < -0.39 is 12.0 Å². The number of ether oxygens (including phenoxy) is 1. The number of amides is 1. The molecule has 1 fully saturated rings. The fourth-order valence-electron chi connectivity index (χ4n) is 1.70. The lowest BCUT2D eigenvalue weighted by atomic mass is 10.1. The minimum atomic E-state index is -0.829. The van der Waals surface area contributed by atoms with E-state index in [4.69, 9.17) is 5.73 Å². The van der Waals surface area contributed by atoms with Gasteiger partial charge in [-0.05, 0) is 19.3 Å². The third kappa shape index (κ3) is 3.51.